The lowest BCUT2D eigenvalue weighted by Gasteiger charge is -2.20. The van der Waals surface area contributed by atoms with Crippen LogP contribution in [0.2, 0.25) is 0 Å². The molecule has 1 aromatic carbocycles. The van der Waals surface area contributed by atoms with E-state index in [0.717, 1.165) is 11.5 Å². The van der Waals surface area contributed by atoms with Gasteiger partial charge in [-0.15, -0.1) is 0 Å². The fourth-order valence-corrected chi connectivity index (χ4v) is 2.71. The average Bonchev–Trinajstić information content (AvgIpc) is 2.84. The topological polar surface area (TPSA) is 101 Å². The van der Waals surface area contributed by atoms with Gasteiger partial charge in [0.1, 0.15) is 11.5 Å². The largest absolute Gasteiger partial charge is 0.397 e. The number of rotatable bonds is 5. The van der Waals surface area contributed by atoms with Crippen LogP contribution in [0, 0.1) is 6.92 Å². The molecule has 0 fully saturated rings. The van der Waals surface area contributed by atoms with E-state index in [2.05, 4.69) is 9.88 Å². The Balaban J connectivity index is 2.32. The van der Waals surface area contributed by atoms with E-state index in [4.69, 9.17) is 10.3 Å². The van der Waals surface area contributed by atoms with Gasteiger partial charge in [-0.05, 0) is 32.2 Å². The molecule has 3 N–H and O–H groups in total. The number of sulfonamides is 1. The SMILES string of the molecule is CNS(=O)(=O)c1ccc(N)c(N(C)Cc2cc(C)on2)c1. The van der Waals surface area contributed by atoms with Crippen LogP contribution < -0.4 is 15.4 Å². The molecule has 0 aliphatic rings. The Morgan fingerprint density at radius 3 is 2.67 bits per heavy atom. The number of nitrogens with zero attached hydrogens (tertiary/aromatic N) is 2. The number of benzene rings is 1. The van der Waals surface area contributed by atoms with Crippen molar-refractivity contribution < 1.29 is 12.9 Å². The number of nitrogens with one attached hydrogen (secondary N) is 1. The average molecular weight is 310 g/mol. The van der Waals surface area contributed by atoms with E-state index in [9.17, 15) is 8.42 Å². The summed E-state index contributed by atoms with van der Waals surface area (Å²) in [5.41, 5.74) is 7.79. The van der Waals surface area contributed by atoms with Crippen LogP contribution in [0.5, 0.6) is 0 Å². The van der Waals surface area contributed by atoms with E-state index in [0.29, 0.717) is 17.9 Å². The lowest BCUT2D eigenvalue weighted by Crippen LogP contribution is -2.21. The highest BCUT2D eigenvalue weighted by atomic mass is 32.2. The maximum Gasteiger partial charge on any atom is 0.240 e. The molecule has 21 heavy (non-hydrogen) atoms. The molecule has 8 heteroatoms. The fraction of sp³-hybridized carbons (Fsp3) is 0.308. The summed E-state index contributed by atoms with van der Waals surface area (Å²) in [4.78, 5) is 1.98. The molecule has 114 valence electrons. The molecule has 0 atom stereocenters. The minimum atomic E-state index is -3.51. The lowest BCUT2D eigenvalue weighted by molar-refractivity contribution is 0.390. The van der Waals surface area contributed by atoms with Gasteiger partial charge in [0.15, 0.2) is 0 Å². The molecule has 1 heterocycles. The summed E-state index contributed by atoms with van der Waals surface area (Å²) in [5, 5.41) is 3.91. The minimum Gasteiger partial charge on any atom is -0.397 e. The van der Waals surface area contributed by atoms with E-state index in [1.807, 2.05) is 24.9 Å². The van der Waals surface area contributed by atoms with Crippen LogP contribution in [0.4, 0.5) is 11.4 Å². The number of nitrogen functional groups attached to an aromatic ring is 1. The second-order valence-corrected chi connectivity index (χ2v) is 6.60. The summed E-state index contributed by atoms with van der Waals surface area (Å²) in [6.45, 7) is 2.27. The molecule has 0 aliphatic carbocycles. The van der Waals surface area contributed by atoms with Crippen LogP contribution in [0.1, 0.15) is 11.5 Å². The molecule has 2 rings (SSSR count). The van der Waals surface area contributed by atoms with Gasteiger partial charge in [0.25, 0.3) is 0 Å². The number of anilines is 2. The minimum absolute atomic E-state index is 0.164. The third kappa shape index (κ3) is 3.34. The van der Waals surface area contributed by atoms with Crippen molar-refractivity contribution in [1.29, 1.82) is 0 Å². The number of aryl methyl sites for hydroxylation is 1. The van der Waals surface area contributed by atoms with Gasteiger partial charge in [-0.1, -0.05) is 5.16 Å². The molecule has 0 spiro atoms. The zero-order chi connectivity index (χ0) is 15.6. The summed E-state index contributed by atoms with van der Waals surface area (Å²) in [6, 6.07) is 6.40. The molecule has 0 aliphatic heterocycles. The molecule has 0 amide bonds. The highest BCUT2D eigenvalue weighted by Crippen LogP contribution is 2.26. The van der Waals surface area contributed by atoms with Gasteiger partial charge in [-0.25, -0.2) is 13.1 Å². The zero-order valence-corrected chi connectivity index (χ0v) is 12.9. The van der Waals surface area contributed by atoms with Gasteiger partial charge in [0, 0.05) is 13.1 Å². The van der Waals surface area contributed by atoms with Crippen molar-refractivity contribution in [2.45, 2.75) is 18.4 Å². The van der Waals surface area contributed by atoms with Crippen LogP contribution in [0.25, 0.3) is 0 Å². The standard InChI is InChI=1S/C13H18N4O3S/c1-9-6-10(16-20-9)8-17(3)13-7-11(4-5-12(13)14)21(18,19)15-2/h4-7,15H,8,14H2,1-3H3. The van der Waals surface area contributed by atoms with E-state index < -0.39 is 10.0 Å². The van der Waals surface area contributed by atoms with E-state index in [1.54, 1.807) is 6.07 Å². The van der Waals surface area contributed by atoms with Crippen LogP contribution >= 0.6 is 0 Å². The van der Waals surface area contributed by atoms with Crippen molar-refractivity contribution in [2.75, 3.05) is 24.7 Å². The number of aromatic nitrogens is 1. The second-order valence-electron chi connectivity index (χ2n) is 4.71. The van der Waals surface area contributed by atoms with Crippen molar-refractivity contribution in [1.82, 2.24) is 9.88 Å². The molecule has 7 nitrogen and oxygen atoms in total. The lowest BCUT2D eigenvalue weighted by atomic mass is 10.2. The van der Waals surface area contributed by atoms with E-state index in [-0.39, 0.29) is 4.90 Å². The highest BCUT2D eigenvalue weighted by Gasteiger charge is 2.16. The molecule has 0 radical (unpaired) electrons. The Morgan fingerprint density at radius 2 is 2.10 bits per heavy atom. The first-order chi connectivity index (χ1) is 9.83. The maximum atomic E-state index is 11.9. The van der Waals surface area contributed by atoms with Gasteiger partial charge in [0.2, 0.25) is 10.0 Å². The maximum absolute atomic E-state index is 11.9. The highest BCUT2D eigenvalue weighted by molar-refractivity contribution is 7.89. The van der Waals surface area contributed by atoms with Crippen molar-refractivity contribution >= 4 is 21.4 Å². The predicted octanol–water partition coefficient (Wildman–Crippen LogP) is 1.11. The number of hydrogen-bond acceptors (Lipinski definition) is 6. The van der Waals surface area contributed by atoms with Gasteiger partial charge < -0.3 is 15.2 Å². The van der Waals surface area contributed by atoms with Gasteiger partial charge in [-0.3, -0.25) is 0 Å². The van der Waals surface area contributed by atoms with Crippen LogP contribution in [-0.4, -0.2) is 27.7 Å². The molecule has 1 aromatic heterocycles. The quantitative estimate of drug-likeness (QED) is 0.802. The fourth-order valence-electron chi connectivity index (χ4n) is 1.96. The summed E-state index contributed by atoms with van der Waals surface area (Å²) >= 11 is 0. The van der Waals surface area contributed by atoms with E-state index >= 15 is 0 Å². The molecule has 0 unspecified atom stereocenters. The van der Waals surface area contributed by atoms with Crippen molar-refractivity contribution in [2.24, 2.45) is 0 Å². The summed E-state index contributed by atoms with van der Waals surface area (Å²) in [5.74, 6) is 0.720. The number of nitrogens with two attached hydrogens (primary N) is 1. The first kappa shape index (κ1) is 15.3. The molecular formula is C13H18N4O3S. The smallest absolute Gasteiger partial charge is 0.240 e. The molecule has 0 saturated heterocycles. The van der Waals surface area contributed by atoms with Crippen LogP contribution in [-0.2, 0) is 16.6 Å². The van der Waals surface area contributed by atoms with Crippen LogP contribution in [0.15, 0.2) is 33.7 Å². The Hall–Kier alpha value is -2.06. The van der Waals surface area contributed by atoms with Crippen molar-refractivity contribution in [3.63, 3.8) is 0 Å². The van der Waals surface area contributed by atoms with Crippen molar-refractivity contribution in [3.8, 4) is 0 Å². The second kappa shape index (κ2) is 5.74. The Kier molecular flexibility index (Phi) is 4.19. The first-order valence-corrected chi connectivity index (χ1v) is 7.78. The third-order valence-corrected chi connectivity index (χ3v) is 4.48. The monoisotopic (exact) mass is 310 g/mol. The van der Waals surface area contributed by atoms with Crippen LogP contribution in [0.3, 0.4) is 0 Å². The summed E-state index contributed by atoms with van der Waals surface area (Å²) in [6.07, 6.45) is 0. The Labute approximate surface area is 123 Å². The first-order valence-electron chi connectivity index (χ1n) is 6.30. The molecule has 2 aromatic rings. The summed E-state index contributed by atoms with van der Waals surface area (Å²) < 4.78 is 31.0. The zero-order valence-electron chi connectivity index (χ0n) is 12.1. The molecule has 0 saturated carbocycles. The van der Waals surface area contributed by atoms with Gasteiger partial charge >= 0.3 is 0 Å². The molecular weight excluding hydrogens is 292 g/mol. The summed E-state index contributed by atoms with van der Waals surface area (Å²) in [7, 11) is -0.327. The Bertz CT molecular complexity index is 740. The number of hydrogen-bond donors (Lipinski definition) is 2. The predicted molar refractivity (Wildman–Crippen MR) is 80.4 cm³/mol. The van der Waals surface area contributed by atoms with Gasteiger partial charge in [0.05, 0.1) is 22.8 Å². The van der Waals surface area contributed by atoms with E-state index in [1.165, 1.54) is 19.2 Å². The third-order valence-electron chi connectivity index (χ3n) is 3.07. The molecule has 0 bridgehead atoms. The Morgan fingerprint density at radius 1 is 1.38 bits per heavy atom. The van der Waals surface area contributed by atoms with Gasteiger partial charge in [-0.2, -0.15) is 0 Å². The van der Waals surface area contributed by atoms with Crippen molar-refractivity contribution in [3.05, 3.63) is 35.7 Å². The normalized spacial score (nSPS) is 11.6.